The van der Waals surface area contributed by atoms with Gasteiger partial charge in [0.05, 0.1) is 0 Å². The lowest BCUT2D eigenvalue weighted by Gasteiger charge is -2.36. The van der Waals surface area contributed by atoms with Gasteiger partial charge in [0.15, 0.2) is 0 Å². The molecule has 6 heteroatoms. The standard InChI is InChI=1S/C17H25N3O3/c1-13-4-3-5-15(12-13)20-10-8-19(9-11-20)7-6-16(21)18-14(2)17(22)23/h3-5,12,14H,6-11H2,1-2H3,(H,18,21)(H,22,23). The zero-order chi connectivity index (χ0) is 16.8. The molecular weight excluding hydrogens is 294 g/mol. The van der Waals surface area contributed by atoms with Gasteiger partial charge in [0, 0.05) is 44.8 Å². The number of nitrogens with zero attached hydrogens (tertiary/aromatic N) is 2. The number of benzene rings is 1. The molecule has 0 radical (unpaired) electrons. The van der Waals surface area contributed by atoms with Crippen molar-refractivity contribution in [2.45, 2.75) is 26.3 Å². The maximum atomic E-state index is 11.7. The van der Waals surface area contributed by atoms with Crippen molar-refractivity contribution in [2.75, 3.05) is 37.6 Å². The summed E-state index contributed by atoms with van der Waals surface area (Å²) in [5, 5.41) is 11.3. The molecule has 1 aromatic rings. The Labute approximate surface area is 137 Å². The maximum absolute atomic E-state index is 11.7. The topological polar surface area (TPSA) is 72.9 Å². The van der Waals surface area contributed by atoms with E-state index in [1.165, 1.54) is 18.2 Å². The number of nitrogens with one attached hydrogen (secondary N) is 1. The summed E-state index contributed by atoms with van der Waals surface area (Å²) in [6, 6.07) is 7.65. The van der Waals surface area contributed by atoms with E-state index in [0.29, 0.717) is 13.0 Å². The maximum Gasteiger partial charge on any atom is 0.325 e. The van der Waals surface area contributed by atoms with Crippen molar-refractivity contribution in [1.29, 1.82) is 0 Å². The van der Waals surface area contributed by atoms with E-state index in [9.17, 15) is 9.59 Å². The third-order valence-corrected chi connectivity index (χ3v) is 4.14. The Hall–Kier alpha value is -2.08. The van der Waals surface area contributed by atoms with E-state index in [2.05, 4.69) is 46.3 Å². The number of carbonyl (C=O) groups excluding carboxylic acids is 1. The number of rotatable bonds is 6. The molecule has 2 rings (SSSR count). The molecule has 126 valence electrons. The lowest BCUT2D eigenvalue weighted by atomic mass is 10.2. The fourth-order valence-electron chi connectivity index (χ4n) is 2.69. The van der Waals surface area contributed by atoms with Gasteiger partial charge in [-0.05, 0) is 31.5 Å². The molecule has 0 bridgehead atoms. The number of amides is 1. The molecule has 1 heterocycles. The van der Waals surface area contributed by atoms with Crippen molar-refractivity contribution >= 4 is 17.6 Å². The van der Waals surface area contributed by atoms with Crippen molar-refractivity contribution in [2.24, 2.45) is 0 Å². The van der Waals surface area contributed by atoms with Crippen LogP contribution >= 0.6 is 0 Å². The number of hydrogen-bond donors (Lipinski definition) is 2. The molecule has 1 fully saturated rings. The molecular formula is C17H25N3O3. The Morgan fingerprint density at radius 1 is 1.26 bits per heavy atom. The molecule has 0 aliphatic carbocycles. The summed E-state index contributed by atoms with van der Waals surface area (Å²) in [5.74, 6) is -1.22. The quantitative estimate of drug-likeness (QED) is 0.821. The SMILES string of the molecule is Cc1cccc(N2CCN(CCC(=O)NC(C)C(=O)O)CC2)c1. The number of piperazine rings is 1. The largest absolute Gasteiger partial charge is 0.480 e. The van der Waals surface area contributed by atoms with Crippen molar-refractivity contribution in [1.82, 2.24) is 10.2 Å². The first-order chi connectivity index (χ1) is 11.0. The molecule has 1 amide bonds. The minimum atomic E-state index is -1.01. The molecule has 1 aliphatic rings. The highest BCUT2D eigenvalue weighted by Gasteiger charge is 2.19. The molecule has 0 spiro atoms. The van der Waals surface area contributed by atoms with Gasteiger partial charge in [0.1, 0.15) is 6.04 Å². The normalized spacial score (nSPS) is 16.9. The number of anilines is 1. The van der Waals surface area contributed by atoms with E-state index < -0.39 is 12.0 Å². The fourth-order valence-corrected chi connectivity index (χ4v) is 2.69. The number of aryl methyl sites for hydroxylation is 1. The zero-order valence-corrected chi connectivity index (χ0v) is 13.8. The first-order valence-corrected chi connectivity index (χ1v) is 8.02. The van der Waals surface area contributed by atoms with Crippen LogP contribution < -0.4 is 10.2 Å². The highest BCUT2D eigenvalue weighted by atomic mass is 16.4. The van der Waals surface area contributed by atoms with Gasteiger partial charge in [-0.3, -0.25) is 14.5 Å². The number of carbonyl (C=O) groups is 2. The Bertz CT molecular complexity index is 554. The second-order valence-corrected chi connectivity index (χ2v) is 6.05. The molecule has 1 unspecified atom stereocenters. The number of carboxylic acid groups (broad SMARTS) is 1. The third kappa shape index (κ3) is 5.25. The molecule has 0 saturated carbocycles. The Balaban J connectivity index is 1.73. The first kappa shape index (κ1) is 17.3. The lowest BCUT2D eigenvalue weighted by Crippen LogP contribution is -2.47. The van der Waals surface area contributed by atoms with Crippen molar-refractivity contribution in [3.63, 3.8) is 0 Å². The van der Waals surface area contributed by atoms with E-state index in [4.69, 9.17) is 5.11 Å². The molecule has 1 atom stereocenters. The predicted octanol–water partition coefficient (Wildman–Crippen LogP) is 1.10. The molecule has 23 heavy (non-hydrogen) atoms. The number of hydrogen-bond acceptors (Lipinski definition) is 4. The van der Waals surface area contributed by atoms with Crippen molar-refractivity contribution < 1.29 is 14.7 Å². The van der Waals surface area contributed by atoms with Crippen LogP contribution in [0.4, 0.5) is 5.69 Å². The lowest BCUT2D eigenvalue weighted by molar-refractivity contribution is -0.141. The monoisotopic (exact) mass is 319 g/mol. The van der Waals surface area contributed by atoms with Crippen LogP contribution in [0, 0.1) is 6.92 Å². The molecule has 6 nitrogen and oxygen atoms in total. The van der Waals surface area contributed by atoms with Gasteiger partial charge < -0.3 is 15.3 Å². The van der Waals surface area contributed by atoms with Crippen LogP contribution in [-0.2, 0) is 9.59 Å². The van der Waals surface area contributed by atoms with Crippen LogP contribution in [-0.4, -0.2) is 60.6 Å². The van der Waals surface area contributed by atoms with Gasteiger partial charge in [-0.2, -0.15) is 0 Å². The van der Waals surface area contributed by atoms with E-state index >= 15 is 0 Å². The second-order valence-electron chi connectivity index (χ2n) is 6.05. The van der Waals surface area contributed by atoms with Crippen LogP contribution in [0.25, 0.3) is 0 Å². The van der Waals surface area contributed by atoms with E-state index in [1.807, 2.05) is 0 Å². The van der Waals surface area contributed by atoms with Crippen LogP contribution in [0.15, 0.2) is 24.3 Å². The van der Waals surface area contributed by atoms with Crippen LogP contribution in [0.2, 0.25) is 0 Å². The van der Waals surface area contributed by atoms with E-state index in [-0.39, 0.29) is 5.91 Å². The molecule has 1 aliphatic heterocycles. The Morgan fingerprint density at radius 2 is 1.96 bits per heavy atom. The van der Waals surface area contributed by atoms with Gasteiger partial charge in [0.2, 0.25) is 5.91 Å². The van der Waals surface area contributed by atoms with Gasteiger partial charge in [-0.15, -0.1) is 0 Å². The van der Waals surface area contributed by atoms with Gasteiger partial charge in [-0.25, -0.2) is 0 Å². The summed E-state index contributed by atoms with van der Waals surface area (Å²) in [5.41, 5.74) is 2.51. The second kappa shape index (κ2) is 7.97. The van der Waals surface area contributed by atoms with Gasteiger partial charge in [0.25, 0.3) is 0 Å². The summed E-state index contributed by atoms with van der Waals surface area (Å²) in [6.45, 7) is 7.94. The van der Waals surface area contributed by atoms with Gasteiger partial charge in [-0.1, -0.05) is 12.1 Å². The van der Waals surface area contributed by atoms with Crippen molar-refractivity contribution in [3.8, 4) is 0 Å². The molecule has 1 aromatic carbocycles. The van der Waals surface area contributed by atoms with E-state index in [0.717, 1.165) is 26.2 Å². The summed E-state index contributed by atoms with van der Waals surface area (Å²) in [4.78, 5) is 27.0. The number of carboxylic acids is 1. The first-order valence-electron chi connectivity index (χ1n) is 8.02. The van der Waals surface area contributed by atoms with Crippen LogP contribution in [0.3, 0.4) is 0 Å². The fraction of sp³-hybridized carbons (Fsp3) is 0.529. The van der Waals surface area contributed by atoms with Crippen LogP contribution in [0.5, 0.6) is 0 Å². The Kier molecular flexibility index (Phi) is 5.98. The Morgan fingerprint density at radius 3 is 2.57 bits per heavy atom. The summed E-state index contributed by atoms with van der Waals surface area (Å²) in [7, 11) is 0. The molecule has 1 saturated heterocycles. The number of aliphatic carboxylic acids is 1. The highest BCUT2D eigenvalue weighted by Crippen LogP contribution is 2.17. The summed E-state index contributed by atoms with van der Waals surface area (Å²) >= 11 is 0. The average Bonchev–Trinajstić information content (AvgIpc) is 2.53. The van der Waals surface area contributed by atoms with E-state index in [1.54, 1.807) is 0 Å². The average molecular weight is 319 g/mol. The smallest absolute Gasteiger partial charge is 0.325 e. The molecule has 2 N–H and O–H groups in total. The summed E-state index contributed by atoms with van der Waals surface area (Å²) < 4.78 is 0. The third-order valence-electron chi connectivity index (χ3n) is 4.14. The minimum Gasteiger partial charge on any atom is -0.480 e. The van der Waals surface area contributed by atoms with Gasteiger partial charge >= 0.3 is 5.97 Å². The zero-order valence-electron chi connectivity index (χ0n) is 13.8. The predicted molar refractivity (Wildman–Crippen MR) is 89.7 cm³/mol. The van der Waals surface area contributed by atoms with Crippen molar-refractivity contribution in [3.05, 3.63) is 29.8 Å². The highest BCUT2D eigenvalue weighted by molar-refractivity contribution is 5.83. The minimum absolute atomic E-state index is 0.207. The van der Waals surface area contributed by atoms with Crippen LogP contribution in [0.1, 0.15) is 18.9 Å². The summed E-state index contributed by atoms with van der Waals surface area (Å²) in [6.07, 6.45) is 0.335. The molecule has 0 aromatic heterocycles.